The van der Waals surface area contributed by atoms with Crippen molar-refractivity contribution in [2.24, 2.45) is 0 Å². The maximum absolute atomic E-state index is 6.28. The van der Waals surface area contributed by atoms with E-state index in [0.29, 0.717) is 0 Å². The van der Waals surface area contributed by atoms with Crippen molar-refractivity contribution < 1.29 is 4.42 Å². The molecule has 5 aromatic rings. The summed E-state index contributed by atoms with van der Waals surface area (Å²) in [5.74, 6) is 0. The van der Waals surface area contributed by atoms with Crippen LogP contribution in [-0.2, 0) is 6.42 Å². The molecule has 0 N–H and O–H groups in total. The van der Waals surface area contributed by atoms with Gasteiger partial charge in [0.25, 0.3) is 0 Å². The topological polar surface area (TPSA) is 26.0 Å². The molecule has 124 valence electrons. The van der Waals surface area contributed by atoms with Gasteiger partial charge in [-0.3, -0.25) is 4.98 Å². The van der Waals surface area contributed by atoms with Gasteiger partial charge < -0.3 is 4.42 Å². The van der Waals surface area contributed by atoms with Gasteiger partial charge in [-0.2, -0.15) is 0 Å². The Balaban J connectivity index is 1.79. The lowest BCUT2D eigenvalue weighted by Crippen LogP contribution is -1.91. The molecule has 0 amide bonds. The van der Waals surface area contributed by atoms with Gasteiger partial charge in [0.1, 0.15) is 11.2 Å². The molecule has 0 aliphatic carbocycles. The summed E-state index contributed by atoms with van der Waals surface area (Å²) in [4.78, 5) is 4.52. The van der Waals surface area contributed by atoms with Crippen LogP contribution in [0.1, 0.15) is 11.1 Å². The van der Waals surface area contributed by atoms with Crippen molar-refractivity contribution in [2.45, 2.75) is 6.42 Å². The molecule has 0 saturated carbocycles. The van der Waals surface area contributed by atoms with Crippen molar-refractivity contribution in [3.05, 3.63) is 102 Å². The van der Waals surface area contributed by atoms with Crippen LogP contribution in [0.25, 0.3) is 33.2 Å². The monoisotopic (exact) mass is 335 g/mol. The fourth-order valence-corrected chi connectivity index (χ4v) is 3.58. The van der Waals surface area contributed by atoms with Crippen LogP contribution in [0.4, 0.5) is 0 Å². The standard InChI is InChI=1S/C24H17NO/c1-2-8-17(9-3-1)16-18-13-14-19(21-11-6-7-15-25-21)24-23(18)20-10-4-5-12-22(20)26-24/h1-15H,16H2. The van der Waals surface area contributed by atoms with Crippen molar-refractivity contribution in [3.63, 3.8) is 0 Å². The van der Waals surface area contributed by atoms with Crippen LogP contribution in [0.15, 0.2) is 95.5 Å². The number of furan rings is 1. The number of pyridine rings is 1. The summed E-state index contributed by atoms with van der Waals surface area (Å²) in [6.07, 6.45) is 2.70. The van der Waals surface area contributed by atoms with Gasteiger partial charge in [-0.15, -0.1) is 0 Å². The Labute approximate surface area is 151 Å². The molecule has 0 radical (unpaired) electrons. The number of fused-ring (bicyclic) bond motifs is 3. The summed E-state index contributed by atoms with van der Waals surface area (Å²) in [6, 6.07) is 29.1. The van der Waals surface area contributed by atoms with E-state index in [1.165, 1.54) is 16.5 Å². The molecule has 2 heteroatoms. The smallest absolute Gasteiger partial charge is 0.145 e. The molecule has 2 aromatic heterocycles. The highest BCUT2D eigenvalue weighted by atomic mass is 16.3. The Morgan fingerprint density at radius 3 is 2.38 bits per heavy atom. The molecule has 0 fully saturated rings. The molecule has 0 aliphatic rings. The first-order valence-electron chi connectivity index (χ1n) is 8.78. The van der Waals surface area contributed by atoms with Crippen molar-refractivity contribution >= 4 is 21.9 Å². The summed E-state index contributed by atoms with van der Waals surface area (Å²) >= 11 is 0. The Bertz CT molecular complexity index is 1190. The normalized spacial score (nSPS) is 11.2. The predicted octanol–water partition coefficient (Wildman–Crippen LogP) is 6.24. The molecule has 0 spiro atoms. The van der Waals surface area contributed by atoms with E-state index in [2.05, 4.69) is 59.6 Å². The van der Waals surface area contributed by atoms with Gasteiger partial charge >= 0.3 is 0 Å². The van der Waals surface area contributed by atoms with E-state index < -0.39 is 0 Å². The quantitative estimate of drug-likeness (QED) is 0.390. The third-order valence-corrected chi connectivity index (χ3v) is 4.79. The van der Waals surface area contributed by atoms with E-state index >= 15 is 0 Å². The van der Waals surface area contributed by atoms with Gasteiger partial charge in [0.15, 0.2) is 0 Å². The first-order valence-corrected chi connectivity index (χ1v) is 8.78. The maximum atomic E-state index is 6.28. The van der Waals surface area contributed by atoms with Gasteiger partial charge in [-0.05, 0) is 41.8 Å². The third-order valence-electron chi connectivity index (χ3n) is 4.79. The van der Waals surface area contributed by atoms with Crippen LogP contribution in [0.3, 0.4) is 0 Å². The number of aromatic nitrogens is 1. The average Bonchev–Trinajstić information content (AvgIpc) is 3.10. The Morgan fingerprint density at radius 1 is 0.731 bits per heavy atom. The van der Waals surface area contributed by atoms with Crippen LogP contribution < -0.4 is 0 Å². The van der Waals surface area contributed by atoms with E-state index in [0.717, 1.165) is 34.2 Å². The molecule has 2 nitrogen and oxygen atoms in total. The van der Waals surface area contributed by atoms with Gasteiger partial charge in [0.05, 0.1) is 5.69 Å². The number of para-hydroxylation sites is 1. The van der Waals surface area contributed by atoms with Crippen LogP contribution in [-0.4, -0.2) is 4.98 Å². The van der Waals surface area contributed by atoms with Crippen LogP contribution in [0.2, 0.25) is 0 Å². The molecule has 0 atom stereocenters. The van der Waals surface area contributed by atoms with E-state index in [1.807, 2.05) is 36.5 Å². The highest BCUT2D eigenvalue weighted by Crippen LogP contribution is 2.38. The van der Waals surface area contributed by atoms with E-state index in [4.69, 9.17) is 4.42 Å². The first kappa shape index (κ1) is 14.9. The molecular weight excluding hydrogens is 318 g/mol. The van der Waals surface area contributed by atoms with Crippen molar-refractivity contribution in [3.8, 4) is 11.3 Å². The summed E-state index contributed by atoms with van der Waals surface area (Å²) in [6.45, 7) is 0. The Kier molecular flexibility index (Phi) is 3.53. The van der Waals surface area contributed by atoms with E-state index in [9.17, 15) is 0 Å². The second-order valence-corrected chi connectivity index (χ2v) is 6.45. The minimum Gasteiger partial charge on any atom is -0.455 e. The third kappa shape index (κ3) is 2.47. The lowest BCUT2D eigenvalue weighted by atomic mass is 9.96. The minimum atomic E-state index is 0.878. The molecule has 3 aromatic carbocycles. The van der Waals surface area contributed by atoms with Gasteiger partial charge in [-0.1, -0.05) is 60.7 Å². The summed E-state index contributed by atoms with van der Waals surface area (Å²) in [5.41, 5.74) is 6.37. The van der Waals surface area contributed by atoms with Crippen molar-refractivity contribution in [1.82, 2.24) is 4.98 Å². The molecule has 26 heavy (non-hydrogen) atoms. The largest absolute Gasteiger partial charge is 0.455 e. The zero-order chi connectivity index (χ0) is 17.3. The van der Waals surface area contributed by atoms with Crippen molar-refractivity contribution in [1.29, 1.82) is 0 Å². The molecule has 0 aliphatic heterocycles. The zero-order valence-electron chi connectivity index (χ0n) is 14.2. The second kappa shape index (κ2) is 6.16. The van der Waals surface area contributed by atoms with Gasteiger partial charge in [-0.25, -0.2) is 0 Å². The zero-order valence-corrected chi connectivity index (χ0v) is 14.2. The highest BCUT2D eigenvalue weighted by molar-refractivity contribution is 6.11. The average molecular weight is 335 g/mol. The molecule has 5 rings (SSSR count). The van der Waals surface area contributed by atoms with Crippen LogP contribution in [0, 0.1) is 0 Å². The summed E-state index contributed by atoms with van der Waals surface area (Å²) in [7, 11) is 0. The fraction of sp³-hybridized carbons (Fsp3) is 0.0417. The van der Waals surface area contributed by atoms with E-state index in [1.54, 1.807) is 0 Å². The number of rotatable bonds is 3. The summed E-state index contributed by atoms with van der Waals surface area (Å²) < 4.78 is 6.28. The number of hydrogen-bond donors (Lipinski definition) is 0. The first-order chi connectivity index (χ1) is 12.9. The summed E-state index contributed by atoms with van der Waals surface area (Å²) in [5, 5.41) is 2.35. The lowest BCUT2D eigenvalue weighted by Gasteiger charge is -2.07. The van der Waals surface area contributed by atoms with Crippen LogP contribution in [0.5, 0.6) is 0 Å². The Hall–Kier alpha value is -3.39. The highest BCUT2D eigenvalue weighted by Gasteiger charge is 2.16. The molecule has 0 bridgehead atoms. The van der Waals surface area contributed by atoms with E-state index in [-0.39, 0.29) is 0 Å². The van der Waals surface area contributed by atoms with Crippen LogP contribution >= 0.6 is 0 Å². The molecule has 0 unspecified atom stereocenters. The molecular formula is C24H17NO. The maximum Gasteiger partial charge on any atom is 0.145 e. The SMILES string of the molecule is c1ccc(Cc2ccc(-c3ccccn3)c3oc4ccccc4c23)cc1. The number of benzene rings is 3. The van der Waals surface area contributed by atoms with Crippen molar-refractivity contribution in [2.75, 3.05) is 0 Å². The predicted molar refractivity (Wildman–Crippen MR) is 106 cm³/mol. The second-order valence-electron chi connectivity index (χ2n) is 6.45. The van der Waals surface area contributed by atoms with Gasteiger partial charge in [0, 0.05) is 22.5 Å². The lowest BCUT2D eigenvalue weighted by molar-refractivity contribution is 0.669. The number of hydrogen-bond acceptors (Lipinski definition) is 2. The van der Waals surface area contributed by atoms with Gasteiger partial charge in [0.2, 0.25) is 0 Å². The Morgan fingerprint density at radius 2 is 1.54 bits per heavy atom. The molecule has 2 heterocycles. The minimum absolute atomic E-state index is 0.878. The molecule has 0 saturated heterocycles. The fourth-order valence-electron chi connectivity index (χ4n) is 3.58. The number of nitrogens with zero attached hydrogens (tertiary/aromatic N) is 1.